The minimum absolute atomic E-state index is 0.160. The quantitative estimate of drug-likeness (QED) is 0.639. The van der Waals surface area contributed by atoms with Crippen molar-refractivity contribution < 1.29 is 9.53 Å². The Morgan fingerprint density at radius 3 is 1.92 bits per heavy atom. The summed E-state index contributed by atoms with van der Waals surface area (Å²) in [4.78, 5) is 10.8. The van der Waals surface area contributed by atoms with E-state index in [1.807, 2.05) is 27.7 Å². The van der Waals surface area contributed by atoms with Crippen molar-refractivity contribution in [3.63, 3.8) is 0 Å². The van der Waals surface area contributed by atoms with E-state index in [4.69, 9.17) is 4.74 Å². The van der Waals surface area contributed by atoms with Crippen LogP contribution in [-0.2, 0) is 4.74 Å². The molecule has 0 aromatic rings. The highest BCUT2D eigenvalue weighted by Gasteiger charge is 2.45. The lowest BCUT2D eigenvalue weighted by Crippen LogP contribution is -2.39. The lowest BCUT2D eigenvalue weighted by atomic mass is 9.89. The predicted molar refractivity (Wildman–Crippen MR) is 43.7 cm³/mol. The van der Waals surface area contributed by atoms with Gasteiger partial charge in [-0.2, -0.15) is 0 Å². The molecule has 0 spiro atoms. The van der Waals surface area contributed by atoms with Gasteiger partial charge in [-0.25, -0.2) is 4.79 Å². The molecule has 4 heteroatoms. The topological polar surface area (TPSA) is 51.0 Å². The van der Waals surface area contributed by atoms with E-state index in [0.717, 1.165) is 0 Å². The highest BCUT2D eigenvalue weighted by atomic mass is 16.6. The van der Waals surface area contributed by atoms with Crippen LogP contribution in [0.2, 0.25) is 0 Å². The van der Waals surface area contributed by atoms with E-state index < -0.39 is 11.8 Å². The molecule has 1 amide bonds. The maximum absolute atomic E-state index is 10.8. The first-order valence-corrected chi connectivity index (χ1v) is 4.15. The summed E-state index contributed by atoms with van der Waals surface area (Å²) in [5.74, 6) is 0.320. The number of carbonyl (C=O) groups is 1. The number of cyclic esters (lactones) is 1. The second kappa shape index (κ2) is 2.84. The largest absolute Gasteiger partial charge is 0.454 e. The standard InChI is InChI=1S/C8H14N2O2/c1-5(2)8(6(3)4)10-9-7(11)12-8/h5-6H,1-4H3. The van der Waals surface area contributed by atoms with E-state index in [9.17, 15) is 4.79 Å². The van der Waals surface area contributed by atoms with Gasteiger partial charge in [0.2, 0.25) is 5.72 Å². The molecular weight excluding hydrogens is 156 g/mol. The maximum atomic E-state index is 10.8. The number of ether oxygens (including phenoxy) is 1. The number of amides is 1. The van der Waals surface area contributed by atoms with Crippen LogP contribution >= 0.6 is 0 Å². The first-order valence-electron chi connectivity index (χ1n) is 4.15. The summed E-state index contributed by atoms with van der Waals surface area (Å²) in [6, 6.07) is 0. The van der Waals surface area contributed by atoms with Gasteiger partial charge < -0.3 is 4.74 Å². The molecule has 0 saturated carbocycles. The van der Waals surface area contributed by atoms with Crippen molar-refractivity contribution in [1.82, 2.24) is 0 Å². The van der Waals surface area contributed by atoms with E-state index in [1.165, 1.54) is 0 Å². The SMILES string of the molecule is CC(C)C1(C(C)C)N=NC(=O)O1. The lowest BCUT2D eigenvalue weighted by molar-refractivity contribution is -0.0316. The van der Waals surface area contributed by atoms with Gasteiger partial charge in [0.05, 0.1) is 0 Å². The summed E-state index contributed by atoms with van der Waals surface area (Å²) in [7, 11) is 0. The molecule has 0 saturated heterocycles. The van der Waals surface area contributed by atoms with Crippen molar-refractivity contribution >= 4 is 6.09 Å². The molecule has 1 heterocycles. The van der Waals surface area contributed by atoms with E-state index in [1.54, 1.807) is 0 Å². The number of hydrogen-bond acceptors (Lipinski definition) is 3. The molecule has 0 aliphatic carbocycles. The molecule has 0 atom stereocenters. The van der Waals surface area contributed by atoms with Crippen LogP contribution in [0.3, 0.4) is 0 Å². The van der Waals surface area contributed by atoms with E-state index in [2.05, 4.69) is 10.2 Å². The average molecular weight is 170 g/mol. The zero-order chi connectivity index (χ0) is 9.35. The van der Waals surface area contributed by atoms with Crippen LogP contribution in [0.25, 0.3) is 0 Å². The third-order valence-corrected chi connectivity index (χ3v) is 2.19. The molecule has 68 valence electrons. The second-order valence-electron chi connectivity index (χ2n) is 3.63. The minimum atomic E-state index is -0.725. The Labute approximate surface area is 72.0 Å². The Bertz CT molecular complexity index is 213. The van der Waals surface area contributed by atoms with Crippen molar-refractivity contribution in [2.75, 3.05) is 0 Å². The first-order chi connectivity index (χ1) is 5.49. The molecule has 1 aliphatic rings. The summed E-state index contributed by atoms with van der Waals surface area (Å²) in [6.45, 7) is 7.88. The monoisotopic (exact) mass is 170 g/mol. The van der Waals surface area contributed by atoms with Gasteiger partial charge >= 0.3 is 6.09 Å². The third-order valence-electron chi connectivity index (χ3n) is 2.19. The van der Waals surface area contributed by atoms with Gasteiger partial charge in [-0.15, -0.1) is 5.11 Å². The molecule has 1 rings (SSSR count). The Kier molecular flexibility index (Phi) is 2.17. The Balaban J connectivity index is 2.91. The molecule has 0 aromatic heterocycles. The van der Waals surface area contributed by atoms with Crippen LogP contribution in [0.4, 0.5) is 4.79 Å². The van der Waals surface area contributed by atoms with Gasteiger partial charge in [-0.3, -0.25) is 0 Å². The number of hydrogen-bond donors (Lipinski definition) is 0. The Morgan fingerprint density at radius 1 is 1.25 bits per heavy atom. The average Bonchev–Trinajstić information content (AvgIpc) is 2.32. The molecule has 12 heavy (non-hydrogen) atoms. The zero-order valence-corrected chi connectivity index (χ0v) is 7.87. The van der Waals surface area contributed by atoms with Crippen LogP contribution in [-0.4, -0.2) is 11.8 Å². The summed E-state index contributed by atoms with van der Waals surface area (Å²) >= 11 is 0. The maximum Gasteiger partial charge on any atom is 0.454 e. The Morgan fingerprint density at radius 2 is 1.75 bits per heavy atom. The Hall–Kier alpha value is -0.930. The first kappa shape index (κ1) is 9.16. The fraction of sp³-hybridized carbons (Fsp3) is 0.875. The number of azo groups is 1. The van der Waals surface area contributed by atoms with Gasteiger partial charge in [-0.05, 0) is 0 Å². The molecule has 0 fully saturated rings. The van der Waals surface area contributed by atoms with Gasteiger partial charge in [-0.1, -0.05) is 32.8 Å². The molecule has 0 N–H and O–H groups in total. The predicted octanol–water partition coefficient (Wildman–Crippen LogP) is 2.60. The number of carbonyl (C=O) groups excluding carboxylic acids is 1. The number of nitrogens with zero attached hydrogens (tertiary/aromatic N) is 2. The summed E-state index contributed by atoms with van der Waals surface area (Å²) < 4.78 is 5.10. The summed E-state index contributed by atoms with van der Waals surface area (Å²) in [6.07, 6.45) is -0.572. The van der Waals surface area contributed by atoms with Crippen LogP contribution < -0.4 is 0 Å². The third kappa shape index (κ3) is 1.21. The number of rotatable bonds is 2. The van der Waals surface area contributed by atoms with Crippen molar-refractivity contribution in [3.05, 3.63) is 0 Å². The van der Waals surface area contributed by atoms with Gasteiger partial charge in [0.25, 0.3) is 0 Å². The van der Waals surface area contributed by atoms with Gasteiger partial charge in [0, 0.05) is 11.8 Å². The molecule has 0 radical (unpaired) electrons. The second-order valence-corrected chi connectivity index (χ2v) is 3.63. The fourth-order valence-electron chi connectivity index (χ4n) is 1.43. The molecule has 1 aliphatic heterocycles. The van der Waals surface area contributed by atoms with E-state index in [0.29, 0.717) is 0 Å². The van der Waals surface area contributed by atoms with Gasteiger partial charge in [0.1, 0.15) is 0 Å². The highest BCUT2D eigenvalue weighted by molar-refractivity contribution is 5.69. The molecule has 0 unspecified atom stereocenters. The van der Waals surface area contributed by atoms with Crippen LogP contribution in [0.5, 0.6) is 0 Å². The smallest absolute Gasteiger partial charge is 0.416 e. The lowest BCUT2D eigenvalue weighted by Gasteiger charge is -2.30. The molecule has 0 bridgehead atoms. The van der Waals surface area contributed by atoms with E-state index in [-0.39, 0.29) is 11.8 Å². The minimum Gasteiger partial charge on any atom is -0.416 e. The normalized spacial score (nSPS) is 20.7. The van der Waals surface area contributed by atoms with Crippen LogP contribution in [0, 0.1) is 11.8 Å². The summed E-state index contributed by atoms with van der Waals surface area (Å²) in [5.41, 5.74) is -0.725. The zero-order valence-electron chi connectivity index (χ0n) is 7.87. The molecule has 0 aromatic carbocycles. The van der Waals surface area contributed by atoms with Crippen molar-refractivity contribution in [1.29, 1.82) is 0 Å². The van der Waals surface area contributed by atoms with Crippen LogP contribution in [0.15, 0.2) is 10.2 Å². The molecule has 4 nitrogen and oxygen atoms in total. The van der Waals surface area contributed by atoms with Crippen molar-refractivity contribution in [2.24, 2.45) is 22.1 Å². The summed E-state index contributed by atoms with van der Waals surface area (Å²) in [5, 5.41) is 7.30. The van der Waals surface area contributed by atoms with Crippen molar-refractivity contribution in [3.8, 4) is 0 Å². The fourth-order valence-corrected chi connectivity index (χ4v) is 1.43. The molecular formula is C8H14N2O2. The van der Waals surface area contributed by atoms with E-state index >= 15 is 0 Å². The van der Waals surface area contributed by atoms with Crippen molar-refractivity contribution in [2.45, 2.75) is 33.4 Å². The highest BCUT2D eigenvalue weighted by Crippen LogP contribution is 2.36. The van der Waals surface area contributed by atoms with Gasteiger partial charge in [0.15, 0.2) is 0 Å². The van der Waals surface area contributed by atoms with Crippen LogP contribution in [0.1, 0.15) is 27.7 Å².